The number of aromatic nitrogens is 1. The lowest BCUT2D eigenvalue weighted by Gasteiger charge is -2.09. The van der Waals surface area contributed by atoms with E-state index in [2.05, 4.69) is 6.07 Å². The number of rotatable bonds is 4. The summed E-state index contributed by atoms with van der Waals surface area (Å²) in [4.78, 5) is 10.9. The molecule has 0 unspecified atom stereocenters. The van der Waals surface area contributed by atoms with Crippen molar-refractivity contribution in [3.63, 3.8) is 0 Å². The van der Waals surface area contributed by atoms with Gasteiger partial charge in [-0.3, -0.25) is 0 Å². The van der Waals surface area contributed by atoms with E-state index in [1.807, 2.05) is 72.4 Å². The van der Waals surface area contributed by atoms with Crippen LogP contribution in [0.5, 0.6) is 11.5 Å². The molecular formula is C22H17NO3. The first-order chi connectivity index (χ1) is 12.6. The normalized spacial score (nSPS) is 11.4. The van der Waals surface area contributed by atoms with Crippen LogP contribution < -0.4 is 4.74 Å². The molecule has 1 heterocycles. The lowest BCUT2D eigenvalue weighted by molar-refractivity contribution is -0.131. The maximum absolute atomic E-state index is 10.9. The second kappa shape index (κ2) is 6.41. The van der Waals surface area contributed by atoms with Crippen LogP contribution in [0.1, 0.15) is 5.56 Å². The van der Waals surface area contributed by atoms with Gasteiger partial charge < -0.3 is 14.4 Å². The van der Waals surface area contributed by atoms with Crippen LogP contribution in [0.15, 0.2) is 72.9 Å². The van der Waals surface area contributed by atoms with E-state index in [0.29, 0.717) is 5.75 Å². The van der Waals surface area contributed by atoms with Gasteiger partial charge in [0.2, 0.25) is 0 Å². The van der Waals surface area contributed by atoms with Gasteiger partial charge in [-0.2, -0.15) is 0 Å². The Morgan fingerprint density at radius 2 is 1.85 bits per heavy atom. The van der Waals surface area contributed by atoms with Crippen molar-refractivity contribution in [1.29, 1.82) is 0 Å². The minimum absolute atomic E-state index is 0.698. The Kier molecular flexibility index (Phi) is 3.93. The number of carboxylic acid groups (broad SMARTS) is 1. The molecule has 4 nitrogen and oxygen atoms in total. The molecule has 1 N–H and O–H groups in total. The molecule has 0 saturated heterocycles. The topological polar surface area (TPSA) is 51.5 Å². The maximum Gasteiger partial charge on any atom is 0.328 e. The van der Waals surface area contributed by atoms with E-state index in [4.69, 9.17) is 9.84 Å². The second-order valence-corrected chi connectivity index (χ2v) is 6.13. The molecule has 3 aromatic carbocycles. The Bertz CT molecular complexity index is 1150. The third kappa shape index (κ3) is 2.93. The number of aliphatic carboxylic acids is 1. The number of hydrogen-bond acceptors (Lipinski definition) is 2. The van der Waals surface area contributed by atoms with Crippen molar-refractivity contribution in [1.82, 2.24) is 4.57 Å². The fraction of sp³-hybridized carbons (Fsp3) is 0.0455. The fourth-order valence-corrected chi connectivity index (χ4v) is 3.18. The van der Waals surface area contributed by atoms with Crippen molar-refractivity contribution in [2.24, 2.45) is 7.05 Å². The highest BCUT2D eigenvalue weighted by atomic mass is 16.5. The third-order valence-electron chi connectivity index (χ3n) is 4.36. The molecule has 0 saturated carbocycles. The van der Waals surface area contributed by atoms with E-state index in [-0.39, 0.29) is 0 Å². The molecule has 0 bridgehead atoms. The van der Waals surface area contributed by atoms with Gasteiger partial charge in [-0.1, -0.05) is 36.4 Å². The van der Waals surface area contributed by atoms with Crippen molar-refractivity contribution in [2.45, 2.75) is 0 Å². The number of nitrogens with zero attached hydrogens (tertiary/aromatic N) is 1. The van der Waals surface area contributed by atoms with Gasteiger partial charge in [0.25, 0.3) is 0 Å². The first-order valence-electron chi connectivity index (χ1n) is 8.27. The average Bonchev–Trinajstić information content (AvgIpc) is 2.97. The Labute approximate surface area is 150 Å². The Balaban J connectivity index is 1.81. The molecule has 0 aliphatic rings. The molecule has 26 heavy (non-hydrogen) atoms. The van der Waals surface area contributed by atoms with Crippen LogP contribution in [-0.2, 0) is 11.8 Å². The fourth-order valence-electron chi connectivity index (χ4n) is 3.18. The largest absolute Gasteiger partial charge is 0.478 e. The molecule has 0 spiro atoms. The van der Waals surface area contributed by atoms with E-state index >= 15 is 0 Å². The van der Waals surface area contributed by atoms with Crippen LogP contribution in [0, 0.1) is 0 Å². The molecule has 0 atom stereocenters. The predicted octanol–water partition coefficient (Wildman–Crippen LogP) is 5.22. The van der Waals surface area contributed by atoms with Gasteiger partial charge in [-0.15, -0.1) is 0 Å². The Morgan fingerprint density at radius 3 is 2.65 bits per heavy atom. The quantitative estimate of drug-likeness (QED) is 0.517. The molecule has 0 amide bonds. The first-order valence-corrected chi connectivity index (χ1v) is 8.27. The van der Waals surface area contributed by atoms with E-state index in [1.165, 1.54) is 0 Å². The number of benzene rings is 3. The number of carboxylic acids is 1. The highest BCUT2D eigenvalue weighted by Gasteiger charge is 2.11. The van der Waals surface area contributed by atoms with Crippen LogP contribution in [0.4, 0.5) is 0 Å². The molecule has 1 aromatic heterocycles. The Hall–Kier alpha value is -3.53. The summed E-state index contributed by atoms with van der Waals surface area (Å²) in [5.41, 5.74) is 1.79. The summed E-state index contributed by atoms with van der Waals surface area (Å²) in [6.07, 6.45) is 4.64. The smallest absolute Gasteiger partial charge is 0.328 e. The van der Waals surface area contributed by atoms with Crippen molar-refractivity contribution < 1.29 is 14.6 Å². The van der Waals surface area contributed by atoms with Crippen LogP contribution in [0.3, 0.4) is 0 Å². The molecule has 128 valence electrons. The summed E-state index contributed by atoms with van der Waals surface area (Å²) in [6.45, 7) is 0. The molecular weight excluding hydrogens is 326 g/mol. The highest BCUT2D eigenvalue weighted by Crippen LogP contribution is 2.35. The van der Waals surface area contributed by atoms with Gasteiger partial charge in [-0.05, 0) is 41.1 Å². The minimum atomic E-state index is -0.977. The molecule has 4 rings (SSSR count). The van der Waals surface area contributed by atoms with Crippen molar-refractivity contribution in [2.75, 3.05) is 0 Å². The van der Waals surface area contributed by atoms with Crippen LogP contribution in [0.2, 0.25) is 0 Å². The highest BCUT2D eigenvalue weighted by molar-refractivity contribution is 5.97. The predicted molar refractivity (Wildman–Crippen MR) is 104 cm³/mol. The van der Waals surface area contributed by atoms with Crippen molar-refractivity contribution in [3.8, 4) is 11.5 Å². The monoisotopic (exact) mass is 343 g/mol. The molecule has 0 aliphatic heterocycles. The van der Waals surface area contributed by atoms with Gasteiger partial charge in [0, 0.05) is 30.3 Å². The minimum Gasteiger partial charge on any atom is -0.478 e. The average molecular weight is 343 g/mol. The summed E-state index contributed by atoms with van der Waals surface area (Å²) in [5.74, 6) is 0.464. The van der Waals surface area contributed by atoms with Gasteiger partial charge in [-0.25, -0.2) is 4.79 Å². The van der Waals surface area contributed by atoms with Gasteiger partial charge in [0.15, 0.2) is 0 Å². The van der Waals surface area contributed by atoms with E-state index < -0.39 is 5.97 Å². The van der Waals surface area contributed by atoms with E-state index in [0.717, 1.165) is 39.1 Å². The number of hydrogen-bond donors (Lipinski definition) is 1. The summed E-state index contributed by atoms with van der Waals surface area (Å²) >= 11 is 0. The van der Waals surface area contributed by atoms with Gasteiger partial charge in [0.1, 0.15) is 11.5 Å². The third-order valence-corrected chi connectivity index (χ3v) is 4.36. The zero-order chi connectivity index (χ0) is 18.1. The van der Waals surface area contributed by atoms with Crippen molar-refractivity contribution >= 4 is 33.7 Å². The number of carbonyl (C=O) groups is 1. The molecule has 0 aliphatic carbocycles. The van der Waals surface area contributed by atoms with E-state index in [1.54, 1.807) is 6.08 Å². The molecule has 0 fully saturated rings. The number of ether oxygens (including phenoxy) is 1. The zero-order valence-electron chi connectivity index (χ0n) is 14.2. The lowest BCUT2D eigenvalue weighted by atomic mass is 10.1. The Morgan fingerprint density at radius 1 is 1.04 bits per heavy atom. The SMILES string of the molecule is Cn1cc(/C=C/C(=O)O)c2c(Oc3ccc4ccccc4c3)cccc21. The molecule has 0 radical (unpaired) electrons. The molecule has 4 heteroatoms. The van der Waals surface area contributed by atoms with Crippen LogP contribution in [-0.4, -0.2) is 15.6 Å². The zero-order valence-corrected chi connectivity index (χ0v) is 14.2. The summed E-state index contributed by atoms with van der Waals surface area (Å²) in [6, 6.07) is 19.9. The number of fused-ring (bicyclic) bond motifs is 2. The lowest BCUT2D eigenvalue weighted by Crippen LogP contribution is -1.88. The summed E-state index contributed by atoms with van der Waals surface area (Å²) in [5, 5.41) is 12.1. The van der Waals surface area contributed by atoms with Gasteiger partial charge in [0.05, 0.1) is 5.52 Å². The van der Waals surface area contributed by atoms with Crippen LogP contribution >= 0.6 is 0 Å². The maximum atomic E-state index is 10.9. The van der Waals surface area contributed by atoms with Crippen LogP contribution in [0.25, 0.3) is 27.8 Å². The molecule has 4 aromatic rings. The second-order valence-electron chi connectivity index (χ2n) is 6.13. The standard InChI is InChI=1S/C22H17NO3/c1-23-14-17(10-12-21(24)25)22-19(23)7-4-8-20(22)26-18-11-9-15-5-2-3-6-16(15)13-18/h2-14H,1H3,(H,24,25)/b12-10+. The van der Waals surface area contributed by atoms with Gasteiger partial charge >= 0.3 is 5.97 Å². The first kappa shape index (κ1) is 16.0. The summed E-state index contributed by atoms with van der Waals surface area (Å²) < 4.78 is 8.13. The van der Waals surface area contributed by atoms with E-state index in [9.17, 15) is 4.79 Å². The van der Waals surface area contributed by atoms with Crippen molar-refractivity contribution in [3.05, 3.63) is 78.5 Å². The summed E-state index contributed by atoms with van der Waals surface area (Å²) in [7, 11) is 1.93. The number of aryl methyl sites for hydroxylation is 1.